The first-order chi connectivity index (χ1) is 12.1. The zero-order valence-corrected chi connectivity index (χ0v) is 16.0. The fourth-order valence-electron chi connectivity index (χ4n) is 2.31. The molecule has 0 aliphatic heterocycles. The van der Waals surface area contributed by atoms with E-state index in [1.165, 1.54) is 21.3 Å². The third kappa shape index (κ3) is 6.34. The van der Waals surface area contributed by atoms with Crippen LogP contribution in [0, 0.1) is 5.92 Å². The average molecular weight is 369 g/mol. The van der Waals surface area contributed by atoms with Crippen molar-refractivity contribution in [3.63, 3.8) is 0 Å². The zero-order chi connectivity index (χ0) is 19.9. The molecule has 0 aromatic heterocycles. The second-order valence-electron chi connectivity index (χ2n) is 6.66. The normalized spacial score (nSPS) is 12.1. The van der Waals surface area contributed by atoms with Crippen LogP contribution in [0.5, 0.6) is 17.2 Å². The molecule has 0 aliphatic carbocycles. The predicted molar refractivity (Wildman–Crippen MR) is 95.2 cm³/mol. The van der Waals surface area contributed by atoms with Crippen molar-refractivity contribution in [1.29, 1.82) is 0 Å². The maximum Gasteiger partial charge on any atom is 0.407 e. The van der Waals surface area contributed by atoms with Gasteiger partial charge < -0.3 is 29.4 Å². The highest BCUT2D eigenvalue weighted by Crippen LogP contribution is 2.38. The summed E-state index contributed by atoms with van der Waals surface area (Å²) < 4.78 is 20.9. The molecule has 0 fully saturated rings. The number of carboxylic acids is 1. The monoisotopic (exact) mass is 369 g/mol. The van der Waals surface area contributed by atoms with Gasteiger partial charge in [-0.3, -0.25) is 4.79 Å². The summed E-state index contributed by atoms with van der Waals surface area (Å²) in [5.41, 5.74) is 0.0253. The van der Waals surface area contributed by atoms with Crippen molar-refractivity contribution in [2.45, 2.75) is 32.8 Å². The first-order valence-corrected chi connectivity index (χ1v) is 8.09. The van der Waals surface area contributed by atoms with Crippen LogP contribution in [0.25, 0.3) is 0 Å². The molecule has 146 valence electrons. The molecule has 0 saturated carbocycles. The van der Waals surface area contributed by atoms with Crippen LogP contribution in [0.15, 0.2) is 12.1 Å². The number of rotatable bonds is 8. The molecular weight excluding hydrogens is 342 g/mol. The maximum atomic E-state index is 11.7. The molecule has 0 radical (unpaired) electrons. The van der Waals surface area contributed by atoms with E-state index in [0.29, 0.717) is 22.8 Å². The minimum Gasteiger partial charge on any atom is -0.493 e. The number of ether oxygens (including phenoxy) is 4. The first-order valence-electron chi connectivity index (χ1n) is 8.09. The van der Waals surface area contributed by atoms with E-state index in [-0.39, 0.29) is 13.0 Å². The van der Waals surface area contributed by atoms with Crippen molar-refractivity contribution in [3.8, 4) is 17.2 Å². The molecule has 8 heteroatoms. The molecule has 8 nitrogen and oxygen atoms in total. The molecule has 0 saturated heterocycles. The number of hydrogen-bond donors (Lipinski definition) is 2. The van der Waals surface area contributed by atoms with Crippen LogP contribution in [-0.4, -0.2) is 50.6 Å². The second kappa shape index (κ2) is 9.17. The van der Waals surface area contributed by atoms with Gasteiger partial charge in [0.2, 0.25) is 5.75 Å². The molecule has 0 bridgehead atoms. The summed E-state index contributed by atoms with van der Waals surface area (Å²) >= 11 is 0. The zero-order valence-electron chi connectivity index (χ0n) is 16.0. The summed E-state index contributed by atoms with van der Waals surface area (Å²) in [4.78, 5) is 23.3. The number of benzene rings is 1. The lowest BCUT2D eigenvalue weighted by atomic mass is 9.98. The molecule has 26 heavy (non-hydrogen) atoms. The van der Waals surface area contributed by atoms with Crippen LogP contribution in [0.2, 0.25) is 0 Å². The van der Waals surface area contributed by atoms with Crippen LogP contribution >= 0.6 is 0 Å². The highest BCUT2D eigenvalue weighted by molar-refractivity contribution is 5.73. The molecule has 0 heterocycles. The van der Waals surface area contributed by atoms with E-state index in [2.05, 4.69) is 5.32 Å². The number of carbonyl (C=O) groups is 2. The number of methoxy groups -OCH3 is 3. The van der Waals surface area contributed by atoms with Crippen LogP contribution in [0.1, 0.15) is 26.3 Å². The van der Waals surface area contributed by atoms with Gasteiger partial charge in [-0.15, -0.1) is 0 Å². The lowest BCUT2D eigenvalue weighted by Crippen LogP contribution is -2.37. The summed E-state index contributed by atoms with van der Waals surface area (Å²) in [6.07, 6.45) is -0.490. The number of carbonyl (C=O) groups excluding carboxylic acids is 1. The Bertz CT molecular complexity index is 612. The molecule has 0 spiro atoms. The molecule has 1 rings (SSSR count). The van der Waals surface area contributed by atoms with Gasteiger partial charge in [0, 0.05) is 6.54 Å². The summed E-state index contributed by atoms with van der Waals surface area (Å²) in [6, 6.07) is 3.37. The van der Waals surface area contributed by atoms with Crippen LogP contribution < -0.4 is 19.5 Å². The number of amides is 1. The summed E-state index contributed by atoms with van der Waals surface area (Å²) in [5.74, 6) is -0.574. The second-order valence-corrected chi connectivity index (χ2v) is 6.66. The summed E-state index contributed by atoms with van der Waals surface area (Å²) in [6.45, 7) is 5.13. The largest absolute Gasteiger partial charge is 0.493 e. The van der Waals surface area contributed by atoms with E-state index in [0.717, 1.165) is 0 Å². The third-order valence-electron chi connectivity index (χ3n) is 3.45. The Balaban J connectivity index is 2.91. The van der Waals surface area contributed by atoms with Gasteiger partial charge in [-0.05, 0) is 44.9 Å². The summed E-state index contributed by atoms with van der Waals surface area (Å²) in [5, 5.41) is 11.9. The number of aliphatic carboxylic acids is 1. The van der Waals surface area contributed by atoms with E-state index in [1.807, 2.05) is 0 Å². The molecule has 1 aromatic rings. The van der Waals surface area contributed by atoms with Crippen LogP contribution in [-0.2, 0) is 16.0 Å². The van der Waals surface area contributed by atoms with Gasteiger partial charge in [-0.25, -0.2) is 4.79 Å². The van der Waals surface area contributed by atoms with Gasteiger partial charge in [0.15, 0.2) is 11.5 Å². The van der Waals surface area contributed by atoms with Crippen molar-refractivity contribution in [2.75, 3.05) is 27.9 Å². The van der Waals surface area contributed by atoms with E-state index in [4.69, 9.17) is 18.9 Å². The SMILES string of the molecule is COc1cc(CC(CNC(=O)OC(C)(C)C)C(=O)O)cc(OC)c1OC. The number of nitrogens with one attached hydrogen (secondary N) is 1. The van der Waals surface area contributed by atoms with Gasteiger partial charge in [0.25, 0.3) is 0 Å². The van der Waals surface area contributed by atoms with Gasteiger partial charge in [0.05, 0.1) is 27.2 Å². The minimum absolute atomic E-state index is 0.0685. The Kier molecular flexibility index (Phi) is 7.55. The van der Waals surface area contributed by atoms with Gasteiger partial charge >= 0.3 is 12.1 Å². The van der Waals surface area contributed by atoms with Crippen molar-refractivity contribution in [1.82, 2.24) is 5.32 Å². The summed E-state index contributed by atoms with van der Waals surface area (Å²) in [7, 11) is 4.46. The van der Waals surface area contributed by atoms with E-state index in [9.17, 15) is 14.7 Å². The van der Waals surface area contributed by atoms with Gasteiger partial charge in [-0.1, -0.05) is 0 Å². The van der Waals surface area contributed by atoms with Crippen molar-refractivity contribution < 1.29 is 33.6 Å². The fourth-order valence-corrected chi connectivity index (χ4v) is 2.31. The van der Waals surface area contributed by atoms with Gasteiger partial charge in [-0.2, -0.15) is 0 Å². The number of alkyl carbamates (subject to hydrolysis) is 1. The van der Waals surface area contributed by atoms with E-state index in [1.54, 1.807) is 32.9 Å². The van der Waals surface area contributed by atoms with E-state index < -0.39 is 23.6 Å². The lowest BCUT2D eigenvalue weighted by molar-refractivity contribution is -0.141. The van der Waals surface area contributed by atoms with Gasteiger partial charge in [0.1, 0.15) is 5.60 Å². The van der Waals surface area contributed by atoms with Crippen LogP contribution in [0.3, 0.4) is 0 Å². The number of hydrogen-bond acceptors (Lipinski definition) is 6. The quantitative estimate of drug-likeness (QED) is 0.725. The molecule has 1 unspecified atom stereocenters. The minimum atomic E-state index is -1.03. The molecule has 2 N–H and O–H groups in total. The maximum absolute atomic E-state index is 11.7. The van der Waals surface area contributed by atoms with E-state index >= 15 is 0 Å². The topological polar surface area (TPSA) is 103 Å². The van der Waals surface area contributed by atoms with Crippen molar-refractivity contribution in [2.24, 2.45) is 5.92 Å². The fraction of sp³-hybridized carbons (Fsp3) is 0.556. The lowest BCUT2D eigenvalue weighted by Gasteiger charge is -2.21. The molecule has 1 atom stereocenters. The Morgan fingerprint density at radius 1 is 1.08 bits per heavy atom. The number of carboxylic acid groups (broad SMARTS) is 1. The standard InChI is InChI=1S/C18H27NO7/c1-18(2,3)26-17(22)19-10-12(16(20)21)7-11-8-13(23-4)15(25-6)14(9-11)24-5/h8-9,12H,7,10H2,1-6H3,(H,19,22)(H,20,21). The Labute approximate surface area is 153 Å². The molecule has 1 amide bonds. The Morgan fingerprint density at radius 2 is 1.62 bits per heavy atom. The molecule has 1 aromatic carbocycles. The van der Waals surface area contributed by atoms with Crippen molar-refractivity contribution >= 4 is 12.1 Å². The first kappa shape index (κ1) is 21.4. The highest BCUT2D eigenvalue weighted by Gasteiger charge is 2.23. The highest BCUT2D eigenvalue weighted by atomic mass is 16.6. The third-order valence-corrected chi connectivity index (χ3v) is 3.45. The molecular formula is C18H27NO7. The average Bonchev–Trinajstić information content (AvgIpc) is 2.55. The van der Waals surface area contributed by atoms with Crippen molar-refractivity contribution in [3.05, 3.63) is 17.7 Å². The molecule has 0 aliphatic rings. The Morgan fingerprint density at radius 3 is 2.00 bits per heavy atom. The van der Waals surface area contributed by atoms with Crippen LogP contribution in [0.4, 0.5) is 4.79 Å². The predicted octanol–water partition coefficient (Wildman–Crippen LogP) is 2.48. The smallest absolute Gasteiger partial charge is 0.407 e. The Hall–Kier alpha value is -2.64.